The summed E-state index contributed by atoms with van der Waals surface area (Å²) in [6.45, 7) is 6.92. The van der Waals surface area contributed by atoms with Crippen molar-refractivity contribution >= 4 is 12.1 Å². The molecule has 7 nitrogen and oxygen atoms in total. The summed E-state index contributed by atoms with van der Waals surface area (Å²) < 4.78 is 0. The van der Waals surface area contributed by atoms with Gasteiger partial charge in [0.1, 0.15) is 11.5 Å². The fraction of sp³-hybridized carbons (Fsp3) is 0.417. The van der Waals surface area contributed by atoms with Crippen molar-refractivity contribution in [2.24, 2.45) is 0 Å². The van der Waals surface area contributed by atoms with Crippen molar-refractivity contribution in [3.05, 3.63) is 65.6 Å². The van der Waals surface area contributed by atoms with Crippen molar-refractivity contribution < 1.29 is 4.79 Å². The summed E-state index contributed by atoms with van der Waals surface area (Å²) in [5, 5.41) is 12.2. The van der Waals surface area contributed by atoms with Crippen LogP contribution in [0.2, 0.25) is 0 Å². The molecular weight excluding hydrogens is 388 g/mol. The molecule has 1 atom stereocenters. The Labute approximate surface area is 183 Å². The van der Waals surface area contributed by atoms with Gasteiger partial charge in [0, 0.05) is 30.4 Å². The normalized spacial score (nSPS) is 19.3. The Morgan fingerprint density at radius 1 is 1.16 bits per heavy atom. The molecule has 4 rings (SSSR count). The molecule has 0 spiro atoms. The van der Waals surface area contributed by atoms with Gasteiger partial charge in [-0.15, -0.1) is 0 Å². The summed E-state index contributed by atoms with van der Waals surface area (Å²) in [5.74, 6) is 0.910. The number of nitrogens with zero attached hydrogens (tertiary/aromatic N) is 5. The quantitative estimate of drug-likeness (QED) is 0.557. The predicted octanol–water partition coefficient (Wildman–Crippen LogP) is 4.03. The minimum absolute atomic E-state index is 0.0246. The van der Waals surface area contributed by atoms with Gasteiger partial charge in [0.05, 0.1) is 12.4 Å². The van der Waals surface area contributed by atoms with E-state index in [9.17, 15) is 4.79 Å². The van der Waals surface area contributed by atoms with Crippen LogP contribution in [0.1, 0.15) is 54.1 Å². The standard InChI is InChI=1S/C24H30N6O/c1-3-24(18-26-22-10-9-19(2)15-25-22)11-4-5-14-29(24)16-20-7-6-8-21(17-31)23(20)30-27-12-13-28-30/h6-10,12-13,15,17H,3-5,11,14,16,18H2,1-2H3,(H,25,26)/t24-/m0/s1. The van der Waals surface area contributed by atoms with Crippen LogP contribution < -0.4 is 5.32 Å². The van der Waals surface area contributed by atoms with Crippen LogP contribution in [-0.4, -0.2) is 49.8 Å². The van der Waals surface area contributed by atoms with E-state index in [-0.39, 0.29) is 5.54 Å². The lowest BCUT2D eigenvalue weighted by Crippen LogP contribution is -2.55. The first kappa shape index (κ1) is 21.2. The van der Waals surface area contributed by atoms with Crippen LogP contribution in [0.15, 0.2) is 48.9 Å². The van der Waals surface area contributed by atoms with Crippen molar-refractivity contribution in [3.8, 4) is 5.69 Å². The van der Waals surface area contributed by atoms with E-state index in [2.05, 4.69) is 44.5 Å². The maximum atomic E-state index is 11.7. The number of nitrogens with one attached hydrogen (secondary N) is 1. The number of anilines is 1. The number of aldehydes is 1. The number of aromatic nitrogens is 4. The van der Waals surface area contributed by atoms with Crippen LogP contribution in [0.25, 0.3) is 5.69 Å². The summed E-state index contributed by atoms with van der Waals surface area (Å²) in [4.78, 5) is 20.4. The van der Waals surface area contributed by atoms with Gasteiger partial charge in [-0.1, -0.05) is 31.5 Å². The average molecular weight is 419 g/mol. The largest absolute Gasteiger partial charge is 0.368 e. The van der Waals surface area contributed by atoms with E-state index in [4.69, 9.17) is 0 Å². The zero-order chi connectivity index (χ0) is 21.7. The first-order valence-corrected chi connectivity index (χ1v) is 11.0. The number of carbonyl (C=O) groups is 1. The van der Waals surface area contributed by atoms with E-state index in [1.807, 2.05) is 31.3 Å². The van der Waals surface area contributed by atoms with Gasteiger partial charge in [0.15, 0.2) is 6.29 Å². The first-order valence-electron chi connectivity index (χ1n) is 11.0. The lowest BCUT2D eigenvalue weighted by Gasteiger charge is -2.47. The molecule has 0 radical (unpaired) electrons. The number of para-hydroxylation sites is 1. The van der Waals surface area contributed by atoms with Crippen molar-refractivity contribution in [1.82, 2.24) is 24.9 Å². The van der Waals surface area contributed by atoms with Gasteiger partial charge < -0.3 is 5.32 Å². The Morgan fingerprint density at radius 2 is 2.00 bits per heavy atom. The molecule has 162 valence electrons. The van der Waals surface area contributed by atoms with E-state index >= 15 is 0 Å². The van der Waals surface area contributed by atoms with E-state index in [0.29, 0.717) is 5.56 Å². The number of aryl methyl sites for hydroxylation is 1. The number of rotatable bonds is 8. The third-order valence-corrected chi connectivity index (χ3v) is 6.42. The van der Waals surface area contributed by atoms with Gasteiger partial charge in [0.25, 0.3) is 0 Å². The second-order valence-electron chi connectivity index (χ2n) is 8.32. The molecule has 0 unspecified atom stereocenters. The third kappa shape index (κ3) is 4.51. The number of hydrogen-bond acceptors (Lipinski definition) is 6. The molecule has 1 fully saturated rings. The molecule has 3 heterocycles. The molecular formula is C24H30N6O. The van der Waals surface area contributed by atoms with Gasteiger partial charge in [-0.3, -0.25) is 9.69 Å². The van der Waals surface area contributed by atoms with Gasteiger partial charge in [0.2, 0.25) is 0 Å². The monoisotopic (exact) mass is 418 g/mol. The zero-order valence-electron chi connectivity index (χ0n) is 18.3. The fourth-order valence-electron chi connectivity index (χ4n) is 4.57. The lowest BCUT2D eigenvalue weighted by atomic mass is 9.83. The molecule has 2 aromatic heterocycles. The fourth-order valence-corrected chi connectivity index (χ4v) is 4.57. The minimum Gasteiger partial charge on any atom is -0.368 e. The minimum atomic E-state index is 0.0246. The van der Waals surface area contributed by atoms with Crippen molar-refractivity contribution in [1.29, 1.82) is 0 Å². The molecule has 1 aliphatic heterocycles. The molecule has 1 N–H and O–H groups in total. The van der Waals surface area contributed by atoms with Gasteiger partial charge in [-0.25, -0.2) is 4.98 Å². The SMILES string of the molecule is CC[C@@]1(CNc2ccc(C)cn2)CCCCN1Cc1cccc(C=O)c1-n1nccn1. The smallest absolute Gasteiger partial charge is 0.152 e. The second-order valence-corrected chi connectivity index (χ2v) is 8.32. The van der Waals surface area contributed by atoms with E-state index in [1.54, 1.807) is 17.2 Å². The number of likely N-dealkylation sites (tertiary alicyclic amines) is 1. The number of benzene rings is 1. The summed E-state index contributed by atoms with van der Waals surface area (Å²) in [7, 11) is 0. The van der Waals surface area contributed by atoms with Crippen LogP contribution >= 0.6 is 0 Å². The Bertz CT molecular complexity index is 1000. The van der Waals surface area contributed by atoms with Crippen LogP contribution in [0.3, 0.4) is 0 Å². The van der Waals surface area contributed by atoms with Crippen molar-refractivity contribution in [2.75, 3.05) is 18.4 Å². The highest BCUT2D eigenvalue weighted by Crippen LogP contribution is 2.34. The summed E-state index contributed by atoms with van der Waals surface area (Å²) >= 11 is 0. The van der Waals surface area contributed by atoms with Gasteiger partial charge >= 0.3 is 0 Å². The predicted molar refractivity (Wildman–Crippen MR) is 121 cm³/mol. The second kappa shape index (κ2) is 9.39. The van der Waals surface area contributed by atoms with Gasteiger partial charge in [-0.05, 0) is 56.0 Å². The maximum absolute atomic E-state index is 11.7. The Kier molecular flexibility index (Phi) is 6.42. The molecule has 7 heteroatoms. The molecule has 0 aliphatic carbocycles. The molecule has 1 aromatic carbocycles. The van der Waals surface area contributed by atoms with Crippen molar-refractivity contribution in [2.45, 2.75) is 51.6 Å². The Morgan fingerprint density at radius 3 is 2.71 bits per heavy atom. The van der Waals surface area contributed by atoms with Crippen molar-refractivity contribution in [3.63, 3.8) is 0 Å². The van der Waals surface area contributed by atoms with Crippen LogP contribution in [-0.2, 0) is 6.54 Å². The van der Waals surface area contributed by atoms with E-state index in [1.165, 1.54) is 12.8 Å². The maximum Gasteiger partial charge on any atom is 0.152 e. The Balaban J connectivity index is 1.61. The lowest BCUT2D eigenvalue weighted by molar-refractivity contribution is 0.0452. The summed E-state index contributed by atoms with van der Waals surface area (Å²) in [5.41, 5.74) is 3.62. The summed E-state index contributed by atoms with van der Waals surface area (Å²) in [6, 6.07) is 9.97. The highest BCUT2D eigenvalue weighted by molar-refractivity contribution is 5.81. The molecule has 3 aromatic rings. The van der Waals surface area contributed by atoms with Crippen LogP contribution in [0, 0.1) is 6.92 Å². The number of pyridine rings is 1. The topological polar surface area (TPSA) is 75.9 Å². The zero-order valence-corrected chi connectivity index (χ0v) is 18.3. The van der Waals surface area contributed by atoms with E-state index in [0.717, 1.165) is 61.4 Å². The highest BCUT2D eigenvalue weighted by Gasteiger charge is 2.37. The molecule has 1 aliphatic rings. The number of piperidine rings is 1. The number of carbonyl (C=O) groups excluding carboxylic acids is 1. The number of hydrogen-bond donors (Lipinski definition) is 1. The molecule has 31 heavy (non-hydrogen) atoms. The molecule has 1 saturated heterocycles. The van der Waals surface area contributed by atoms with Gasteiger partial charge in [-0.2, -0.15) is 15.0 Å². The first-order chi connectivity index (χ1) is 15.1. The average Bonchev–Trinajstić information content (AvgIpc) is 3.34. The molecule has 0 saturated carbocycles. The molecule has 0 bridgehead atoms. The van der Waals surface area contributed by atoms with Crippen LogP contribution in [0.5, 0.6) is 0 Å². The van der Waals surface area contributed by atoms with E-state index < -0.39 is 0 Å². The summed E-state index contributed by atoms with van der Waals surface area (Å²) in [6.07, 6.45) is 10.6. The molecule has 0 amide bonds. The highest BCUT2D eigenvalue weighted by atomic mass is 16.1. The Hall–Kier alpha value is -3.06. The van der Waals surface area contributed by atoms with Crippen LogP contribution in [0.4, 0.5) is 5.82 Å². The third-order valence-electron chi connectivity index (χ3n) is 6.42.